The Morgan fingerprint density at radius 1 is 1.40 bits per heavy atom. The predicted octanol–water partition coefficient (Wildman–Crippen LogP) is 2.82. The van der Waals surface area contributed by atoms with Crippen LogP contribution in [0.5, 0.6) is 0 Å². The smallest absolute Gasteiger partial charge is 0.126 e. The molecule has 1 aromatic rings. The van der Waals surface area contributed by atoms with E-state index in [2.05, 4.69) is 5.32 Å². The molecule has 0 bridgehead atoms. The standard InChI is InChI=1S/C13H18FN/c1-10-5-6-11(9-13(10)14)8-12-4-2-3-7-15-12/h5-6,9,12,15H,2-4,7-8H2,1H3. The Balaban J connectivity index is 2.00. The molecule has 1 saturated heterocycles. The van der Waals surface area contributed by atoms with Crippen LogP contribution in [0.25, 0.3) is 0 Å². The first-order valence-electron chi connectivity index (χ1n) is 5.74. The van der Waals surface area contributed by atoms with Crippen LogP contribution in [0.15, 0.2) is 18.2 Å². The van der Waals surface area contributed by atoms with Gasteiger partial charge in [0.05, 0.1) is 0 Å². The zero-order chi connectivity index (χ0) is 10.7. The number of nitrogens with one attached hydrogen (secondary N) is 1. The van der Waals surface area contributed by atoms with E-state index in [-0.39, 0.29) is 5.82 Å². The molecule has 1 heterocycles. The van der Waals surface area contributed by atoms with Gasteiger partial charge in [0.2, 0.25) is 0 Å². The normalized spacial score (nSPS) is 21.6. The molecule has 2 rings (SSSR count). The Bertz CT molecular complexity index is 329. The van der Waals surface area contributed by atoms with E-state index in [9.17, 15) is 4.39 Å². The van der Waals surface area contributed by atoms with Gasteiger partial charge in [0.1, 0.15) is 5.82 Å². The second-order valence-electron chi connectivity index (χ2n) is 4.43. The largest absolute Gasteiger partial charge is 0.314 e. The Morgan fingerprint density at radius 2 is 2.27 bits per heavy atom. The fourth-order valence-electron chi connectivity index (χ4n) is 2.15. The molecule has 1 aliphatic rings. The van der Waals surface area contributed by atoms with Crippen molar-refractivity contribution in [3.05, 3.63) is 35.1 Å². The summed E-state index contributed by atoms with van der Waals surface area (Å²) in [4.78, 5) is 0. The highest BCUT2D eigenvalue weighted by atomic mass is 19.1. The summed E-state index contributed by atoms with van der Waals surface area (Å²) in [6.07, 6.45) is 4.75. The summed E-state index contributed by atoms with van der Waals surface area (Å²) in [5.74, 6) is -0.0803. The van der Waals surface area contributed by atoms with Crippen molar-refractivity contribution < 1.29 is 4.39 Å². The number of hydrogen-bond donors (Lipinski definition) is 1. The molecule has 1 aromatic carbocycles. The second-order valence-corrected chi connectivity index (χ2v) is 4.43. The first-order valence-corrected chi connectivity index (χ1v) is 5.74. The molecule has 1 atom stereocenters. The van der Waals surface area contributed by atoms with E-state index < -0.39 is 0 Å². The zero-order valence-corrected chi connectivity index (χ0v) is 9.22. The van der Waals surface area contributed by atoms with Crippen LogP contribution in [0, 0.1) is 12.7 Å². The third-order valence-corrected chi connectivity index (χ3v) is 3.13. The monoisotopic (exact) mass is 207 g/mol. The molecule has 15 heavy (non-hydrogen) atoms. The summed E-state index contributed by atoms with van der Waals surface area (Å²) in [6, 6.07) is 6.12. The van der Waals surface area contributed by atoms with Gasteiger partial charge in [-0.15, -0.1) is 0 Å². The Morgan fingerprint density at radius 3 is 2.93 bits per heavy atom. The third-order valence-electron chi connectivity index (χ3n) is 3.13. The van der Waals surface area contributed by atoms with Gasteiger partial charge in [-0.2, -0.15) is 0 Å². The van der Waals surface area contributed by atoms with Gasteiger partial charge in [-0.25, -0.2) is 4.39 Å². The number of aryl methyl sites for hydroxylation is 1. The maximum Gasteiger partial charge on any atom is 0.126 e. The van der Waals surface area contributed by atoms with Gasteiger partial charge in [-0.3, -0.25) is 0 Å². The minimum absolute atomic E-state index is 0.0803. The van der Waals surface area contributed by atoms with Crippen molar-refractivity contribution in [2.45, 2.75) is 38.6 Å². The summed E-state index contributed by atoms with van der Waals surface area (Å²) >= 11 is 0. The van der Waals surface area contributed by atoms with Crippen molar-refractivity contribution in [3.63, 3.8) is 0 Å². The van der Waals surface area contributed by atoms with E-state index in [4.69, 9.17) is 0 Å². The predicted molar refractivity (Wildman–Crippen MR) is 60.5 cm³/mol. The van der Waals surface area contributed by atoms with Crippen molar-refractivity contribution in [1.82, 2.24) is 5.32 Å². The molecule has 1 fully saturated rings. The lowest BCUT2D eigenvalue weighted by molar-refractivity contribution is 0.399. The Hall–Kier alpha value is -0.890. The maximum atomic E-state index is 13.3. The minimum atomic E-state index is -0.0803. The Kier molecular flexibility index (Phi) is 3.37. The van der Waals surface area contributed by atoms with E-state index in [1.807, 2.05) is 12.1 Å². The molecule has 2 heteroatoms. The van der Waals surface area contributed by atoms with E-state index >= 15 is 0 Å². The van der Waals surface area contributed by atoms with Crippen molar-refractivity contribution >= 4 is 0 Å². The number of halogens is 1. The fourth-order valence-corrected chi connectivity index (χ4v) is 2.15. The summed E-state index contributed by atoms with van der Waals surface area (Å²) in [6.45, 7) is 2.91. The zero-order valence-electron chi connectivity index (χ0n) is 9.22. The van der Waals surface area contributed by atoms with Crippen molar-refractivity contribution in [3.8, 4) is 0 Å². The van der Waals surface area contributed by atoms with Crippen molar-refractivity contribution in [1.29, 1.82) is 0 Å². The van der Waals surface area contributed by atoms with Gasteiger partial charge in [-0.05, 0) is 49.9 Å². The highest BCUT2D eigenvalue weighted by Gasteiger charge is 2.13. The highest BCUT2D eigenvalue weighted by molar-refractivity contribution is 5.24. The molecule has 1 aliphatic heterocycles. The molecule has 0 radical (unpaired) electrons. The van der Waals surface area contributed by atoms with E-state index in [0.29, 0.717) is 6.04 Å². The molecular weight excluding hydrogens is 189 g/mol. The molecule has 1 unspecified atom stereocenters. The van der Waals surface area contributed by atoms with Crippen LogP contribution in [0.4, 0.5) is 4.39 Å². The van der Waals surface area contributed by atoms with E-state index in [1.165, 1.54) is 19.3 Å². The number of piperidine rings is 1. The molecule has 1 nitrogen and oxygen atoms in total. The quantitative estimate of drug-likeness (QED) is 0.786. The number of benzene rings is 1. The average molecular weight is 207 g/mol. The van der Waals surface area contributed by atoms with Crippen LogP contribution >= 0.6 is 0 Å². The summed E-state index contributed by atoms with van der Waals surface area (Å²) in [5.41, 5.74) is 1.84. The molecule has 0 spiro atoms. The summed E-state index contributed by atoms with van der Waals surface area (Å²) < 4.78 is 13.3. The average Bonchev–Trinajstić information content (AvgIpc) is 2.25. The van der Waals surface area contributed by atoms with E-state index in [0.717, 1.165) is 24.1 Å². The fraction of sp³-hybridized carbons (Fsp3) is 0.538. The maximum absolute atomic E-state index is 13.3. The Labute approximate surface area is 90.7 Å². The lowest BCUT2D eigenvalue weighted by Crippen LogP contribution is -2.35. The number of rotatable bonds is 2. The molecule has 0 amide bonds. The van der Waals surface area contributed by atoms with Gasteiger partial charge in [0.15, 0.2) is 0 Å². The first kappa shape index (κ1) is 10.6. The third kappa shape index (κ3) is 2.78. The van der Waals surface area contributed by atoms with Crippen molar-refractivity contribution in [2.24, 2.45) is 0 Å². The highest BCUT2D eigenvalue weighted by Crippen LogP contribution is 2.15. The van der Waals surface area contributed by atoms with Crippen LogP contribution in [-0.4, -0.2) is 12.6 Å². The van der Waals surface area contributed by atoms with Gasteiger partial charge in [0.25, 0.3) is 0 Å². The molecule has 0 saturated carbocycles. The van der Waals surface area contributed by atoms with Crippen LogP contribution in [0.1, 0.15) is 30.4 Å². The second kappa shape index (κ2) is 4.75. The molecule has 82 valence electrons. The lowest BCUT2D eigenvalue weighted by atomic mass is 9.97. The molecule has 0 aliphatic carbocycles. The molecule has 1 N–H and O–H groups in total. The van der Waals surface area contributed by atoms with Crippen LogP contribution in [0.3, 0.4) is 0 Å². The van der Waals surface area contributed by atoms with Crippen LogP contribution in [-0.2, 0) is 6.42 Å². The van der Waals surface area contributed by atoms with Gasteiger partial charge >= 0.3 is 0 Å². The van der Waals surface area contributed by atoms with Gasteiger partial charge < -0.3 is 5.32 Å². The van der Waals surface area contributed by atoms with Crippen LogP contribution < -0.4 is 5.32 Å². The van der Waals surface area contributed by atoms with E-state index in [1.54, 1.807) is 13.0 Å². The van der Waals surface area contributed by atoms with Crippen molar-refractivity contribution in [2.75, 3.05) is 6.54 Å². The summed E-state index contributed by atoms with van der Waals surface area (Å²) in [5, 5.41) is 3.48. The van der Waals surface area contributed by atoms with Gasteiger partial charge in [0, 0.05) is 6.04 Å². The van der Waals surface area contributed by atoms with Crippen LogP contribution in [0.2, 0.25) is 0 Å². The number of hydrogen-bond acceptors (Lipinski definition) is 1. The topological polar surface area (TPSA) is 12.0 Å². The minimum Gasteiger partial charge on any atom is -0.314 e. The van der Waals surface area contributed by atoms with Gasteiger partial charge in [-0.1, -0.05) is 18.6 Å². The molecular formula is C13H18FN. The lowest BCUT2D eigenvalue weighted by Gasteiger charge is -2.23. The SMILES string of the molecule is Cc1ccc(CC2CCCCN2)cc1F. The molecule has 0 aromatic heterocycles. The first-order chi connectivity index (χ1) is 7.25. The summed E-state index contributed by atoms with van der Waals surface area (Å²) in [7, 11) is 0.